The van der Waals surface area contributed by atoms with Crippen LogP contribution in [0.15, 0.2) is 60.8 Å². The maximum atomic E-state index is 14.5. The van der Waals surface area contributed by atoms with Crippen LogP contribution in [0.5, 0.6) is 0 Å². The summed E-state index contributed by atoms with van der Waals surface area (Å²) in [6.45, 7) is 0. The first-order valence-electron chi connectivity index (χ1n) is 7.96. The summed E-state index contributed by atoms with van der Waals surface area (Å²) in [6, 6.07) is 9.70. The number of fused-ring (bicyclic) bond motifs is 1. The second-order valence-corrected chi connectivity index (χ2v) is 5.78. The van der Waals surface area contributed by atoms with Crippen molar-refractivity contribution in [2.75, 3.05) is 0 Å². The fourth-order valence-electron chi connectivity index (χ4n) is 2.62. The van der Waals surface area contributed by atoms with Crippen molar-refractivity contribution in [3.63, 3.8) is 0 Å². The first kappa shape index (κ1) is 17.5. The first-order chi connectivity index (χ1) is 13.4. The summed E-state index contributed by atoms with van der Waals surface area (Å²) in [6.07, 6.45) is 0.860. The lowest BCUT2D eigenvalue weighted by Crippen LogP contribution is -2.42. The minimum atomic E-state index is -4.30. The summed E-state index contributed by atoms with van der Waals surface area (Å²) in [5, 5.41) is 6.88. The van der Waals surface area contributed by atoms with E-state index in [0.29, 0.717) is 5.56 Å². The number of aromatic nitrogens is 3. The third kappa shape index (κ3) is 2.71. The highest BCUT2D eigenvalue weighted by Gasteiger charge is 2.49. The summed E-state index contributed by atoms with van der Waals surface area (Å²) in [7, 11) is 0. The van der Waals surface area contributed by atoms with Crippen molar-refractivity contribution in [1.82, 2.24) is 20.1 Å². The Balaban J connectivity index is 1.56. The van der Waals surface area contributed by atoms with Crippen molar-refractivity contribution in [3.8, 4) is 11.3 Å². The zero-order valence-electron chi connectivity index (χ0n) is 14.0. The zero-order valence-corrected chi connectivity index (χ0v) is 14.0. The van der Waals surface area contributed by atoms with Gasteiger partial charge in [0.05, 0.1) is 17.3 Å². The SMILES string of the molecule is O=C1c2ccccc2C(=O)N1OC(=O)C(F)(F)n1cc(-c2ccccc2)nn1. The monoisotopic (exact) mass is 384 g/mol. The fourth-order valence-corrected chi connectivity index (χ4v) is 2.62. The van der Waals surface area contributed by atoms with E-state index in [0.717, 1.165) is 6.20 Å². The van der Waals surface area contributed by atoms with E-state index in [4.69, 9.17) is 0 Å². The van der Waals surface area contributed by atoms with Crippen molar-refractivity contribution < 1.29 is 28.0 Å². The van der Waals surface area contributed by atoms with Gasteiger partial charge in [0.25, 0.3) is 11.8 Å². The Morgan fingerprint density at radius 2 is 1.50 bits per heavy atom. The van der Waals surface area contributed by atoms with Crippen molar-refractivity contribution in [2.45, 2.75) is 6.05 Å². The second-order valence-electron chi connectivity index (χ2n) is 5.78. The summed E-state index contributed by atoms with van der Waals surface area (Å²) in [5.74, 6) is -4.16. The molecule has 0 radical (unpaired) electrons. The van der Waals surface area contributed by atoms with Crippen LogP contribution >= 0.6 is 0 Å². The maximum absolute atomic E-state index is 14.5. The predicted molar refractivity (Wildman–Crippen MR) is 88.7 cm³/mol. The molecule has 4 rings (SSSR count). The van der Waals surface area contributed by atoms with Gasteiger partial charge in [-0.1, -0.05) is 52.7 Å². The number of amides is 2. The quantitative estimate of drug-likeness (QED) is 0.641. The molecule has 0 atom stereocenters. The van der Waals surface area contributed by atoms with Crippen molar-refractivity contribution >= 4 is 17.8 Å². The minimum Gasteiger partial charge on any atom is -0.322 e. The fraction of sp³-hybridized carbons (Fsp3) is 0.0556. The Hall–Kier alpha value is -3.95. The van der Waals surface area contributed by atoms with Crippen LogP contribution < -0.4 is 0 Å². The lowest BCUT2D eigenvalue weighted by molar-refractivity contribution is -0.213. The molecule has 0 unspecified atom stereocenters. The summed E-state index contributed by atoms with van der Waals surface area (Å²) in [5.41, 5.74) is 0.526. The number of hydrogen-bond donors (Lipinski definition) is 0. The molecule has 0 saturated carbocycles. The molecule has 2 heterocycles. The molecule has 8 nitrogen and oxygen atoms in total. The summed E-state index contributed by atoms with van der Waals surface area (Å²) < 4.78 is 28.9. The molecule has 1 aliphatic heterocycles. The van der Waals surface area contributed by atoms with Crippen LogP contribution in [0.3, 0.4) is 0 Å². The van der Waals surface area contributed by atoms with Crippen LogP contribution in [-0.2, 0) is 15.7 Å². The molecule has 0 spiro atoms. The molecular formula is C18H10F2N4O4. The van der Waals surface area contributed by atoms with E-state index in [-0.39, 0.29) is 26.6 Å². The van der Waals surface area contributed by atoms with Gasteiger partial charge in [0.2, 0.25) is 0 Å². The second kappa shape index (κ2) is 6.34. The third-order valence-corrected chi connectivity index (χ3v) is 4.03. The molecule has 140 valence electrons. The van der Waals surface area contributed by atoms with Gasteiger partial charge < -0.3 is 4.84 Å². The molecule has 0 saturated heterocycles. The van der Waals surface area contributed by atoms with Gasteiger partial charge in [-0.3, -0.25) is 9.59 Å². The van der Waals surface area contributed by atoms with Gasteiger partial charge in [0, 0.05) is 5.56 Å². The molecule has 1 aliphatic rings. The minimum absolute atomic E-state index is 0.00976. The summed E-state index contributed by atoms with van der Waals surface area (Å²) >= 11 is 0. The Bertz CT molecular complexity index is 1060. The molecule has 0 fully saturated rings. The standard InChI is InChI=1S/C18H10F2N4O4/c19-18(20,23-10-14(21-22-23)11-6-2-1-3-7-11)17(27)28-24-15(25)12-8-4-5-9-13(12)16(24)26/h1-10H. The number of nitrogens with zero attached hydrogens (tertiary/aromatic N) is 4. The van der Waals surface area contributed by atoms with E-state index in [1.54, 1.807) is 30.3 Å². The van der Waals surface area contributed by atoms with Gasteiger partial charge in [0.1, 0.15) is 5.69 Å². The van der Waals surface area contributed by atoms with Gasteiger partial charge in [-0.15, -0.1) is 5.10 Å². The normalized spacial score (nSPS) is 13.6. The van der Waals surface area contributed by atoms with Gasteiger partial charge in [-0.25, -0.2) is 4.79 Å². The molecule has 0 N–H and O–H groups in total. The highest BCUT2D eigenvalue weighted by Crippen LogP contribution is 2.28. The van der Waals surface area contributed by atoms with Gasteiger partial charge in [0.15, 0.2) is 0 Å². The molecule has 2 amide bonds. The Morgan fingerprint density at radius 1 is 0.929 bits per heavy atom. The van der Waals surface area contributed by atoms with E-state index >= 15 is 0 Å². The molecule has 1 aromatic heterocycles. The smallest absolute Gasteiger partial charge is 0.322 e. The topological polar surface area (TPSA) is 94.4 Å². The van der Waals surface area contributed by atoms with Crippen LogP contribution in [0.2, 0.25) is 0 Å². The predicted octanol–water partition coefficient (Wildman–Crippen LogP) is 2.25. The van der Waals surface area contributed by atoms with Crippen LogP contribution in [0.4, 0.5) is 8.78 Å². The maximum Gasteiger partial charge on any atom is 0.445 e. The average molecular weight is 384 g/mol. The van der Waals surface area contributed by atoms with E-state index < -0.39 is 23.8 Å². The van der Waals surface area contributed by atoms with Crippen LogP contribution in [0.1, 0.15) is 20.7 Å². The van der Waals surface area contributed by atoms with Gasteiger partial charge >= 0.3 is 12.0 Å². The van der Waals surface area contributed by atoms with E-state index in [1.807, 2.05) is 0 Å². The third-order valence-electron chi connectivity index (χ3n) is 4.03. The molecule has 3 aromatic rings. The van der Waals surface area contributed by atoms with Gasteiger partial charge in [-0.2, -0.15) is 13.5 Å². The van der Waals surface area contributed by atoms with Gasteiger partial charge in [-0.05, 0) is 12.1 Å². The summed E-state index contributed by atoms with van der Waals surface area (Å²) in [4.78, 5) is 40.7. The molecule has 10 heteroatoms. The van der Waals surface area contributed by atoms with Crippen molar-refractivity contribution in [1.29, 1.82) is 0 Å². The number of hydrogen-bond acceptors (Lipinski definition) is 6. The van der Waals surface area contributed by atoms with Crippen LogP contribution in [0, 0.1) is 0 Å². The van der Waals surface area contributed by atoms with E-state index in [2.05, 4.69) is 15.1 Å². The Labute approximate surface area is 155 Å². The molecule has 0 bridgehead atoms. The Morgan fingerprint density at radius 3 is 2.11 bits per heavy atom. The molecule has 28 heavy (non-hydrogen) atoms. The van der Waals surface area contributed by atoms with E-state index in [1.165, 1.54) is 24.3 Å². The number of alkyl halides is 2. The van der Waals surface area contributed by atoms with E-state index in [9.17, 15) is 23.2 Å². The first-order valence-corrected chi connectivity index (χ1v) is 7.96. The zero-order chi connectivity index (χ0) is 19.9. The number of carbonyl (C=O) groups is 3. The highest BCUT2D eigenvalue weighted by molar-refractivity contribution is 6.20. The largest absolute Gasteiger partial charge is 0.445 e. The number of rotatable bonds is 4. The Kier molecular flexibility index (Phi) is 3.95. The molecule has 2 aromatic carbocycles. The van der Waals surface area contributed by atoms with Crippen molar-refractivity contribution in [2.24, 2.45) is 0 Å². The number of halogens is 2. The number of carbonyl (C=O) groups excluding carboxylic acids is 3. The van der Waals surface area contributed by atoms with Crippen molar-refractivity contribution in [3.05, 3.63) is 71.9 Å². The average Bonchev–Trinajstić information content (AvgIpc) is 3.30. The number of hydroxylamine groups is 2. The lowest BCUT2D eigenvalue weighted by atomic mass is 10.1. The number of imide groups is 1. The highest BCUT2D eigenvalue weighted by atomic mass is 19.3. The lowest BCUT2D eigenvalue weighted by Gasteiger charge is -2.17. The molecule has 0 aliphatic carbocycles. The van der Waals surface area contributed by atoms with Crippen LogP contribution in [-0.4, -0.2) is 37.8 Å². The van der Waals surface area contributed by atoms with Crippen LogP contribution in [0.25, 0.3) is 11.3 Å². The molecular weight excluding hydrogens is 374 g/mol. The number of benzene rings is 2.